The topological polar surface area (TPSA) is 82.6 Å². The first kappa shape index (κ1) is 20.2. The van der Waals surface area contributed by atoms with E-state index in [1.54, 1.807) is 7.11 Å². The standard InChI is InChI=1S/C20H20ClN3O3S2/c1-10-5-14(21)16(27-2)7-12(10)13-9-28-19(18(13)20(25)26)22-8-11-3-4-17-15(6-11)23-24-29-17/h3-4,6-7,9-10,22-24H,5,8H2,1-2H3,(H,25,26). The summed E-state index contributed by atoms with van der Waals surface area (Å²) in [6.07, 6.45) is 2.48. The van der Waals surface area contributed by atoms with Crippen molar-refractivity contribution >= 4 is 57.1 Å². The number of aromatic carboxylic acids is 1. The normalized spacial score (nSPS) is 18.2. The van der Waals surface area contributed by atoms with E-state index in [0.29, 0.717) is 34.3 Å². The SMILES string of the molecule is COC1=C(Cl)CC(C)C(c2csc(NCc3ccc4c(c3)NNS4)c2C(=O)O)=C1. The van der Waals surface area contributed by atoms with E-state index < -0.39 is 5.97 Å². The lowest BCUT2D eigenvalue weighted by Crippen LogP contribution is -2.11. The number of halogens is 1. The molecule has 1 aliphatic heterocycles. The van der Waals surface area contributed by atoms with Crippen molar-refractivity contribution in [3.05, 3.63) is 57.1 Å². The molecular formula is C20H20ClN3O3S2. The summed E-state index contributed by atoms with van der Waals surface area (Å²) < 4.78 is 5.35. The zero-order valence-electron chi connectivity index (χ0n) is 15.8. The number of hydrogen-bond acceptors (Lipinski definition) is 7. The van der Waals surface area contributed by atoms with E-state index in [-0.39, 0.29) is 11.5 Å². The number of rotatable bonds is 6. The lowest BCUT2D eigenvalue weighted by atomic mass is 9.87. The molecule has 29 heavy (non-hydrogen) atoms. The Morgan fingerprint density at radius 2 is 2.28 bits per heavy atom. The summed E-state index contributed by atoms with van der Waals surface area (Å²) >= 11 is 9.20. The Bertz CT molecular complexity index is 1030. The van der Waals surface area contributed by atoms with Gasteiger partial charge in [-0.3, -0.25) is 0 Å². The molecule has 0 amide bonds. The summed E-state index contributed by atoms with van der Waals surface area (Å²) in [4.78, 5) is 16.2. The molecule has 0 spiro atoms. The van der Waals surface area contributed by atoms with Gasteiger partial charge in [-0.25, -0.2) is 4.79 Å². The summed E-state index contributed by atoms with van der Waals surface area (Å²) in [7, 11) is 1.57. The Balaban J connectivity index is 1.61. The van der Waals surface area contributed by atoms with Gasteiger partial charge in [-0.2, -0.15) is 4.83 Å². The highest BCUT2D eigenvalue weighted by Crippen LogP contribution is 2.42. The van der Waals surface area contributed by atoms with E-state index in [0.717, 1.165) is 21.7 Å². The number of carbonyl (C=O) groups is 1. The minimum atomic E-state index is -0.951. The number of allylic oxidation sites excluding steroid dienone is 3. The van der Waals surface area contributed by atoms with Gasteiger partial charge in [-0.05, 0) is 53.6 Å². The van der Waals surface area contributed by atoms with Gasteiger partial charge in [0.25, 0.3) is 0 Å². The van der Waals surface area contributed by atoms with Crippen LogP contribution in [0.5, 0.6) is 0 Å². The van der Waals surface area contributed by atoms with Crippen molar-refractivity contribution in [2.24, 2.45) is 5.92 Å². The Kier molecular flexibility index (Phi) is 5.78. The van der Waals surface area contributed by atoms with Crippen molar-refractivity contribution in [2.45, 2.75) is 24.8 Å². The number of methoxy groups -OCH3 is 1. The van der Waals surface area contributed by atoms with Gasteiger partial charge in [0.15, 0.2) is 0 Å². The predicted octanol–water partition coefficient (Wildman–Crippen LogP) is 5.52. The number of benzene rings is 1. The van der Waals surface area contributed by atoms with Crippen LogP contribution in [0.15, 0.2) is 45.3 Å². The molecule has 4 rings (SSSR count). The molecule has 2 aliphatic rings. The van der Waals surface area contributed by atoms with Gasteiger partial charge in [-0.1, -0.05) is 24.6 Å². The van der Waals surface area contributed by atoms with Crippen molar-refractivity contribution in [3.8, 4) is 0 Å². The van der Waals surface area contributed by atoms with Crippen LogP contribution < -0.4 is 15.6 Å². The molecule has 4 N–H and O–H groups in total. The van der Waals surface area contributed by atoms with Crippen LogP contribution in [0.25, 0.3) is 5.57 Å². The maximum atomic E-state index is 12.1. The van der Waals surface area contributed by atoms with Crippen LogP contribution >= 0.6 is 34.9 Å². The third-order valence-corrected chi connectivity index (χ3v) is 7.01. The number of carboxylic acid groups (broad SMARTS) is 1. The van der Waals surface area contributed by atoms with Crippen LogP contribution in [0.3, 0.4) is 0 Å². The van der Waals surface area contributed by atoms with E-state index in [9.17, 15) is 9.90 Å². The fourth-order valence-electron chi connectivity index (χ4n) is 3.46. The Morgan fingerprint density at radius 3 is 3.03 bits per heavy atom. The minimum absolute atomic E-state index is 0.106. The molecule has 1 unspecified atom stereocenters. The van der Waals surface area contributed by atoms with Crippen molar-refractivity contribution in [3.63, 3.8) is 0 Å². The Labute approximate surface area is 182 Å². The summed E-state index contributed by atoms with van der Waals surface area (Å²) in [5, 5.41) is 16.4. The molecule has 2 heterocycles. The molecule has 1 aromatic heterocycles. The number of anilines is 2. The highest BCUT2D eigenvalue weighted by Gasteiger charge is 2.27. The molecule has 1 atom stereocenters. The molecule has 0 saturated heterocycles. The maximum absolute atomic E-state index is 12.1. The van der Waals surface area contributed by atoms with Gasteiger partial charge in [0.1, 0.15) is 16.3 Å². The highest BCUT2D eigenvalue weighted by molar-refractivity contribution is 7.98. The van der Waals surface area contributed by atoms with Gasteiger partial charge in [0, 0.05) is 22.4 Å². The average Bonchev–Trinajstić information content (AvgIpc) is 3.33. The van der Waals surface area contributed by atoms with E-state index in [1.807, 2.05) is 36.6 Å². The summed E-state index contributed by atoms with van der Waals surface area (Å²) in [6, 6.07) is 6.12. The molecule has 152 valence electrons. The monoisotopic (exact) mass is 449 g/mol. The summed E-state index contributed by atoms with van der Waals surface area (Å²) in [5.74, 6) is -0.253. The highest BCUT2D eigenvalue weighted by atomic mass is 35.5. The predicted molar refractivity (Wildman–Crippen MR) is 119 cm³/mol. The number of nitrogens with one attached hydrogen (secondary N) is 3. The van der Waals surface area contributed by atoms with Gasteiger partial charge in [-0.15, -0.1) is 11.3 Å². The lowest BCUT2D eigenvalue weighted by molar-refractivity contribution is 0.0698. The maximum Gasteiger partial charge on any atom is 0.339 e. The van der Waals surface area contributed by atoms with E-state index in [1.165, 1.54) is 23.3 Å². The van der Waals surface area contributed by atoms with Crippen LogP contribution in [-0.2, 0) is 11.3 Å². The van der Waals surface area contributed by atoms with Crippen LogP contribution in [0, 0.1) is 5.92 Å². The Morgan fingerprint density at radius 1 is 1.45 bits per heavy atom. The van der Waals surface area contributed by atoms with Gasteiger partial charge in [0.05, 0.1) is 17.8 Å². The van der Waals surface area contributed by atoms with Crippen LogP contribution in [-0.4, -0.2) is 18.2 Å². The number of carboxylic acids is 1. The fourth-order valence-corrected chi connectivity index (χ4v) is 5.41. The molecule has 6 nitrogen and oxygen atoms in total. The van der Waals surface area contributed by atoms with Crippen molar-refractivity contribution in [1.29, 1.82) is 0 Å². The first-order valence-corrected chi connectivity index (χ1v) is 11.1. The second-order valence-corrected chi connectivity index (χ2v) is 9.03. The average molecular weight is 450 g/mol. The molecule has 1 aromatic carbocycles. The number of thiophene rings is 1. The largest absolute Gasteiger partial charge is 0.496 e. The third-order valence-electron chi connectivity index (χ3n) is 4.95. The van der Waals surface area contributed by atoms with Gasteiger partial charge < -0.3 is 20.6 Å². The first-order chi connectivity index (χ1) is 14.0. The van der Waals surface area contributed by atoms with E-state index in [2.05, 4.69) is 15.6 Å². The minimum Gasteiger partial charge on any atom is -0.496 e. The third kappa shape index (κ3) is 3.98. The van der Waals surface area contributed by atoms with Gasteiger partial charge in [0.2, 0.25) is 0 Å². The zero-order valence-corrected chi connectivity index (χ0v) is 18.2. The second-order valence-electron chi connectivity index (χ2n) is 6.85. The first-order valence-electron chi connectivity index (χ1n) is 9.02. The van der Waals surface area contributed by atoms with Crippen molar-refractivity contribution < 1.29 is 14.6 Å². The van der Waals surface area contributed by atoms with Crippen molar-refractivity contribution in [2.75, 3.05) is 17.9 Å². The molecule has 0 radical (unpaired) electrons. The van der Waals surface area contributed by atoms with Gasteiger partial charge >= 0.3 is 5.97 Å². The number of hydrogen-bond donors (Lipinski definition) is 4. The number of fused-ring (bicyclic) bond motifs is 1. The number of ether oxygens (including phenoxy) is 1. The number of hydrazine groups is 1. The summed E-state index contributed by atoms with van der Waals surface area (Å²) in [6.45, 7) is 2.57. The second kappa shape index (κ2) is 8.31. The fraction of sp³-hybridized carbons (Fsp3) is 0.250. The molecule has 9 heteroatoms. The quantitative estimate of drug-likeness (QED) is 0.432. The van der Waals surface area contributed by atoms with Crippen LogP contribution in [0.1, 0.15) is 34.8 Å². The molecule has 2 aromatic rings. The van der Waals surface area contributed by atoms with E-state index in [4.69, 9.17) is 16.3 Å². The zero-order chi connectivity index (χ0) is 20.5. The summed E-state index contributed by atoms with van der Waals surface area (Å²) in [5.41, 5.74) is 7.11. The molecule has 0 fully saturated rings. The molecule has 1 aliphatic carbocycles. The molecule has 0 bridgehead atoms. The van der Waals surface area contributed by atoms with E-state index >= 15 is 0 Å². The van der Waals surface area contributed by atoms with Crippen LogP contribution in [0.4, 0.5) is 10.7 Å². The Hall–Kier alpha value is -2.13. The van der Waals surface area contributed by atoms with Crippen molar-refractivity contribution in [1.82, 2.24) is 4.83 Å². The lowest BCUT2D eigenvalue weighted by Gasteiger charge is -2.22. The van der Waals surface area contributed by atoms with Crippen LogP contribution in [0.2, 0.25) is 0 Å². The smallest absolute Gasteiger partial charge is 0.339 e. The molecular weight excluding hydrogens is 430 g/mol. The molecule has 0 saturated carbocycles.